The van der Waals surface area contributed by atoms with Gasteiger partial charge in [-0.2, -0.15) is 0 Å². The predicted octanol–water partition coefficient (Wildman–Crippen LogP) is 32.4. The van der Waals surface area contributed by atoms with Crippen LogP contribution >= 0.6 is 0 Å². The van der Waals surface area contributed by atoms with Crippen molar-refractivity contribution in [3.8, 4) is 153 Å². The number of aromatic nitrogens is 12. The lowest BCUT2D eigenvalue weighted by atomic mass is 9.99. The van der Waals surface area contributed by atoms with Gasteiger partial charge in [-0.25, -0.2) is 44.9 Å². The minimum absolute atomic E-state index is 0.634. The van der Waals surface area contributed by atoms with Gasteiger partial charge in [-0.3, -0.25) is 0 Å². The Morgan fingerprint density at radius 1 is 0.113 bits per heavy atom. The highest BCUT2D eigenvalue weighted by Crippen LogP contribution is 2.42. The molecule has 141 heavy (non-hydrogen) atoms. The number of hydrogen-bond donors (Lipinski definition) is 0. The van der Waals surface area contributed by atoms with Gasteiger partial charge in [0, 0.05) is 105 Å². The molecule has 0 saturated heterocycles. The lowest BCUT2D eigenvalue weighted by Crippen LogP contribution is -2.01. The van der Waals surface area contributed by atoms with Gasteiger partial charge in [0.2, 0.25) is 0 Å². The van der Waals surface area contributed by atoms with Gasteiger partial charge in [0.15, 0.2) is 52.4 Å². The SMILES string of the molecule is c1ccc(-c2ccc(-c3nc(-c4ccccc4)nc(-c4ccc5ccc6c7ccccc7n(-c7ccccc7)c6c5c4)n3)cc2)cc1.c1ccc(-c2nc(-c3ccc(-c4ccc5ccccc5c4)cc3)nc(-c3cccc(-n4c5ccccc5c5ccccc54)c3)n2)cc1.c1ccc(-c2nc(-c3ccc(-n4c5ccccc5c5ccccc54)cc3)nc(-c3cccc(-c4ccc5ccccc5c4)c3)n2)cc1. The van der Waals surface area contributed by atoms with Crippen molar-refractivity contribution in [3.05, 3.63) is 510 Å². The highest BCUT2D eigenvalue weighted by molar-refractivity contribution is 6.19. The fourth-order valence-corrected chi connectivity index (χ4v) is 19.6. The van der Waals surface area contributed by atoms with E-state index in [4.69, 9.17) is 44.9 Å². The van der Waals surface area contributed by atoms with Gasteiger partial charge < -0.3 is 13.7 Å². The molecule has 0 spiro atoms. The van der Waals surface area contributed by atoms with Gasteiger partial charge in [0.25, 0.3) is 0 Å². The number of para-hydroxylation sites is 6. The zero-order valence-electron chi connectivity index (χ0n) is 76.4. The molecule has 12 heteroatoms. The first-order chi connectivity index (χ1) is 69.9. The van der Waals surface area contributed by atoms with Crippen molar-refractivity contribution < 1.29 is 0 Å². The third-order valence-corrected chi connectivity index (χ3v) is 26.5. The second-order valence-corrected chi connectivity index (χ2v) is 35.2. The van der Waals surface area contributed by atoms with Crippen LogP contribution in [0.1, 0.15) is 0 Å². The second kappa shape index (κ2) is 36.6. The minimum atomic E-state index is 0.634. The zero-order valence-corrected chi connectivity index (χ0v) is 76.4. The van der Waals surface area contributed by atoms with E-state index in [1.165, 1.54) is 98.1 Å². The van der Waals surface area contributed by atoms with Gasteiger partial charge in [-0.15, -0.1) is 0 Å². The van der Waals surface area contributed by atoms with Crippen LogP contribution in [0, 0.1) is 0 Å². The van der Waals surface area contributed by atoms with E-state index in [-0.39, 0.29) is 0 Å². The number of rotatable bonds is 15. The Morgan fingerprint density at radius 2 is 0.355 bits per heavy atom. The Balaban J connectivity index is 0.000000111. The largest absolute Gasteiger partial charge is 0.309 e. The van der Waals surface area contributed by atoms with Crippen molar-refractivity contribution in [1.29, 1.82) is 0 Å². The molecule has 0 unspecified atom stereocenters. The smallest absolute Gasteiger partial charge is 0.164 e. The van der Waals surface area contributed by atoms with Crippen LogP contribution in [0.4, 0.5) is 0 Å². The third-order valence-electron chi connectivity index (χ3n) is 26.5. The van der Waals surface area contributed by atoms with E-state index in [0.717, 1.165) is 100 Å². The standard InChI is InChI=1S/3C43H28N4/c1-4-12-29(13-5-1)30-20-23-33(24-21-30)42-44-41(32-14-6-2-7-15-32)45-43(46-42)34-25-22-31-26-27-37-36-18-10-11-19-39(36)47(40(37)38(31)28-34)35-16-8-3-9-17-35;1-2-12-31(13-3-1)41-44-42(32-24-21-30(22-25-32)34-26-23-29-11-4-5-14-33(29)27-34)46-43(45-41)35-15-10-16-36(28-35)47-39-19-8-6-17-37(39)38-18-7-9-20-40(38)47;1-2-12-30(13-3-1)41-44-42(31-23-25-36(26-24-31)47-39-19-8-6-17-37(39)38-18-7-9-20-40(38)47)46-43(45-41)35-16-10-15-33(28-35)34-22-21-29-11-4-5-14-32(29)27-34/h3*1-28H. The maximum atomic E-state index is 5.08. The summed E-state index contributed by atoms with van der Waals surface area (Å²) in [5.41, 5.74) is 25.7. The zero-order chi connectivity index (χ0) is 93.5. The van der Waals surface area contributed by atoms with E-state index >= 15 is 0 Å². The average molecular weight is 1800 g/mol. The number of benzene rings is 21. The van der Waals surface area contributed by atoms with Crippen molar-refractivity contribution in [2.75, 3.05) is 0 Å². The van der Waals surface area contributed by atoms with E-state index in [1.54, 1.807) is 0 Å². The Kier molecular flexibility index (Phi) is 21.7. The van der Waals surface area contributed by atoms with Crippen molar-refractivity contribution >= 4 is 97.7 Å². The van der Waals surface area contributed by atoms with Crippen LogP contribution in [-0.4, -0.2) is 58.6 Å². The topological polar surface area (TPSA) is 131 Å². The minimum Gasteiger partial charge on any atom is -0.309 e. The summed E-state index contributed by atoms with van der Waals surface area (Å²) >= 11 is 0. The van der Waals surface area contributed by atoms with Crippen LogP contribution in [0.5, 0.6) is 0 Å². The molecule has 0 aliphatic rings. The van der Waals surface area contributed by atoms with Crippen molar-refractivity contribution in [1.82, 2.24) is 58.6 Å². The fraction of sp³-hybridized carbons (Fsp3) is 0. The van der Waals surface area contributed by atoms with E-state index in [0.29, 0.717) is 52.4 Å². The molecule has 0 aliphatic heterocycles. The summed E-state index contributed by atoms with van der Waals surface area (Å²) in [7, 11) is 0. The van der Waals surface area contributed by atoms with Gasteiger partial charge in [-0.05, 0) is 163 Å². The molecule has 0 atom stereocenters. The van der Waals surface area contributed by atoms with E-state index in [1.807, 2.05) is 97.1 Å². The molecule has 6 heterocycles. The van der Waals surface area contributed by atoms with Crippen LogP contribution in [-0.2, 0) is 0 Å². The first kappa shape index (κ1) is 83.6. The summed E-state index contributed by atoms with van der Waals surface area (Å²) in [6.07, 6.45) is 0. The molecule has 21 aromatic carbocycles. The molecule has 27 aromatic rings. The molecule has 0 amide bonds. The highest BCUT2D eigenvalue weighted by atomic mass is 15.1. The first-order valence-electron chi connectivity index (χ1n) is 47.4. The molecular formula is C129H84N12. The molecule has 660 valence electrons. The molecule has 0 bridgehead atoms. The molecule has 0 aliphatic carbocycles. The van der Waals surface area contributed by atoms with E-state index < -0.39 is 0 Å². The number of nitrogens with zero attached hydrogens (tertiary/aromatic N) is 12. The molecule has 0 saturated carbocycles. The number of fused-ring (bicyclic) bond motifs is 13. The third kappa shape index (κ3) is 16.3. The summed E-state index contributed by atoms with van der Waals surface area (Å²) in [5.74, 6) is 5.78. The van der Waals surface area contributed by atoms with Crippen LogP contribution in [0.15, 0.2) is 510 Å². The van der Waals surface area contributed by atoms with Crippen molar-refractivity contribution in [3.63, 3.8) is 0 Å². The maximum Gasteiger partial charge on any atom is 0.164 e. The summed E-state index contributed by atoms with van der Waals surface area (Å²) in [6.45, 7) is 0. The predicted molar refractivity (Wildman–Crippen MR) is 580 cm³/mol. The average Bonchev–Trinajstić information content (AvgIpc) is 1.58. The monoisotopic (exact) mass is 1800 g/mol. The molecule has 0 N–H and O–H groups in total. The molecule has 12 nitrogen and oxygen atoms in total. The molecule has 0 fully saturated rings. The van der Waals surface area contributed by atoms with Gasteiger partial charge in [-0.1, -0.05) is 406 Å². The Hall–Kier alpha value is -19.2. The van der Waals surface area contributed by atoms with Crippen LogP contribution < -0.4 is 0 Å². The summed E-state index contributed by atoms with van der Waals surface area (Å²) < 4.78 is 7.01. The van der Waals surface area contributed by atoms with Crippen molar-refractivity contribution in [2.24, 2.45) is 0 Å². The summed E-state index contributed by atoms with van der Waals surface area (Å²) in [6, 6.07) is 178. The van der Waals surface area contributed by atoms with E-state index in [9.17, 15) is 0 Å². The first-order valence-corrected chi connectivity index (χ1v) is 47.4. The summed E-state index contributed by atoms with van der Waals surface area (Å²) in [5, 5.41) is 14.6. The maximum absolute atomic E-state index is 5.08. The van der Waals surface area contributed by atoms with Gasteiger partial charge in [0.1, 0.15) is 0 Å². The lowest BCUT2D eigenvalue weighted by molar-refractivity contribution is 1.07. The van der Waals surface area contributed by atoms with Crippen LogP contribution in [0.3, 0.4) is 0 Å². The van der Waals surface area contributed by atoms with Crippen LogP contribution in [0.2, 0.25) is 0 Å². The quantitative estimate of drug-likeness (QED) is 0.0984. The van der Waals surface area contributed by atoms with E-state index in [2.05, 4.69) is 426 Å². The summed E-state index contributed by atoms with van der Waals surface area (Å²) in [4.78, 5) is 45.1. The van der Waals surface area contributed by atoms with Crippen molar-refractivity contribution in [2.45, 2.75) is 0 Å². The fourth-order valence-electron chi connectivity index (χ4n) is 19.6. The van der Waals surface area contributed by atoms with Gasteiger partial charge in [0.05, 0.1) is 33.1 Å². The Bertz CT molecular complexity index is 9290. The molecule has 27 rings (SSSR count). The Labute approximate surface area is 813 Å². The highest BCUT2D eigenvalue weighted by Gasteiger charge is 2.23. The van der Waals surface area contributed by atoms with Gasteiger partial charge >= 0.3 is 0 Å². The normalized spacial score (nSPS) is 11.4. The molecule has 6 aromatic heterocycles. The lowest BCUT2D eigenvalue weighted by Gasteiger charge is -2.12. The molecular weight excluding hydrogens is 1720 g/mol. The second-order valence-electron chi connectivity index (χ2n) is 35.2. The van der Waals surface area contributed by atoms with Crippen LogP contribution in [0.25, 0.3) is 251 Å². The number of hydrogen-bond acceptors (Lipinski definition) is 9. The molecule has 0 radical (unpaired) electrons. The Morgan fingerprint density at radius 3 is 0.794 bits per heavy atom.